The highest BCUT2D eigenvalue weighted by atomic mass is 35.5. The first kappa shape index (κ1) is 24.8. The molecule has 0 bridgehead atoms. The zero-order chi connectivity index (χ0) is 26.2. The highest BCUT2D eigenvalue weighted by Crippen LogP contribution is 2.31. The molecule has 6 nitrogen and oxygen atoms in total. The third kappa shape index (κ3) is 5.16. The normalized spacial score (nSPS) is 12.6. The van der Waals surface area contributed by atoms with Crippen LogP contribution in [0.3, 0.4) is 0 Å². The second-order valence-electron chi connectivity index (χ2n) is 8.13. The van der Waals surface area contributed by atoms with Gasteiger partial charge in [-0.2, -0.15) is 23.4 Å². The van der Waals surface area contributed by atoms with Gasteiger partial charge < -0.3 is 4.42 Å². The molecule has 0 unspecified atom stereocenters. The summed E-state index contributed by atoms with van der Waals surface area (Å²) in [5.74, 6) is 0.598. The van der Waals surface area contributed by atoms with E-state index in [2.05, 4.69) is 10.2 Å². The van der Waals surface area contributed by atoms with Gasteiger partial charge in [-0.3, -0.25) is 0 Å². The van der Waals surface area contributed by atoms with Crippen molar-refractivity contribution < 1.29 is 17.6 Å². The Morgan fingerprint density at radius 2 is 1.84 bits per heavy atom. The molecule has 0 aliphatic carbocycles. The second kappa shape index (κ2) is 9.87. The molecule has 0 aliphatic rings. The van der Waals surface area contributed by atoms with E-state index in [4.69, 9.17) is 21.0 Å². The lowest BCUT2D eigenvalue weighted by Crippen LogP contribution is -2.11. The molecule has 11 heteroatoms. The predicted molar refractivity (Wildman–Crippen MR) is 138 cm³/mol. The molecule has 0 saturated heterocycles. The summed E-state index contributed by atoms with van der Waals surface area (Å²) in [4.78, 5) is 5.31. The summed E-state index contributed by atoms with van der Waals surface area (Å²) in [6.45, 7) is 3.71. The summed E-state index contributed by atoms with van der Waals surface area (Å²) in [5, 5.41) is 11.0. The lowest BCUT2D eigenvalue weighted by atomic mass is 10.2. The maximum atomic E-state index is 13.2. The highest BCUT2D eigenvalue weighted by Gasteiger charge is 2.31. The minimum atomic E-state index is -4.48. The third-order valence-electron chi connectivity index (χ3n) is 5.49. The number of aromatic nitrogens is 3. The number of thiazole rings is 1. The van der Waals surface area contributed by atoms with Crippen LogP contribution in [0.15, 0.2) is 86.8 Å². The van der Waals surface area contributed by atoms with Crippen LogP contribution in [0.1, 0.15) is 22.4 Å². The second-order valence-corrected chi connectivity index (χ2v) is 9.33. The van der Waals surface area contributed by atoms with Crippen LogP contribution >= 0.6 is 22.9 Å². The third-order valence-corrected chi connectivity index (χ3v) is 6.67. The Labute approximate surface area is 218 Å². The first-order chi connectivity index (χ1) is 17.7. The Hall–Kier alpha value is -3.89. The van der Waals surface area contributed by atoms with Crippen molar-refractivity contribution in [1.82, 2.24) is 14.5 Å². The molecule has 0 amide bonds. The van der Waals surface area contributed by atoms with Crippen LogP contribution in [0.2, 0.25) is 5.15 Å². The molecule has 0 spiro atoms. The lowest BCUT2D eigenvalue weighted by Gasteiger charge is -2.09. The van der Waals surface area contributed by atoms with Crippen molar-refractivity contribution in [2.24, 2.45) is 10.1 Å². The van der Waals surface area contributed by atoms with E-state index in [0.29, 0.717) is 27.5 Å². The topological polar surface area (TPSA) is 60.6 Å². The summed E-state index contributed by atoms with van der Waals surface area (Å²) < 4.78 is 48.1. The Kier molecular flexibility index (Phi) is 6.61. The average Bonchev–Trinajstić information content (AvgIpc) is 3.59. The Morgan fingerprint density at radius 1 is 1.05 bits per heavy atom. The summed E-state index contributed by atoms with van der Waals surface area (Å²) >= 11 is 7.96. The summed E-state index contributed by atoms with van der Waals surface area (Å²) in [7, 11) is 0. The number of hydrogen-bond acceptors (Lipinski definition) is 5. The first-order valence-corrected chi connectivity index (χ1v) is 12.3. The average molecular weight is 542 g/mol. The number of aryl methyl sites for hydroxylation is 2. The van der Waals surface area contributed by atoms with E-state index in [1.54, 1.807) is 23.9 Å². The van der Waals surface area contributed by atoms with Gasteiger partial charge in [0.15, 0.2) is 5.76 Å². The van der Waals surface area contributed by atoms with Gasteiger partial charge in [-0.25, -0.2) is 14.4 Å². The van der Waals surface area contributed by atoms with Crippen molar-refractivity contribution >= 4 is 34.8 Å². The van der Waals surface area contributed by atoms with E-state index in [-0.39, 0.29) is 10.8 Å². The molecule has 37 heavy (non-hydrogen) atoms. The fourth-order valence-electron chi connectivity index (χ4n) is 3.57. The van der Waals surface area contributed by atoms with E-state index in [1.807, 2.05) is 42.6 Å². The van der Waals surface area contributed by atoms with E-state index in [9.17, 15) is 13.2 Å². The van der Waals surface area contributed by atoms with Crippen LogP contribution in [0, 0.1) is 13.8 Å². The van der Waals surface area contributed by atoms with E-state index in [0.717, 1.165) is 23.4 Å². The van der Waals surface area contributed by atoms with E-state index < -0.39 is 11.7 Å². The maximum Gasteiger partial charge on any atom is 0.416 e. The summed E-state index contributed by atoms with van der Waals surface area (Å²) in [5.41, 5.74) is 2.92. The zero-order valence-electron chi connectivity index (χ0n) is 19.6. The van der Waals surface area contributed by atoms with Gasteiger partial charge in [0.05, 0.1) is 40.7 Å². The van der Waals surface area contributed by atoms with Crippen molar-refractivity contribution in [3.63, 3.8) is 0 Å². The van der Waals surface area contributed by atoms with Crippen LogP contribution < -0.4 is 4.80 Å². The minimum absolute atomic E-state index is 0.132. The van der Waals surface area contributed by atoms with Crippen molar-refractivity contribution in [3.05, 3.63) is 105 Å². The molecular weight excluding hydrogens is 523 g/mol. The van der Waals surface area contributed by atoms with Crippen molar-refractivity contribution in [1.29, 1.82) is 0 Å². The summed E-state index contributed by atoms with van der Waals surface area (Å²) in [6, 6.07) is 16.2. The number of nitrogens with zero attached hydrogens (tertiary/aromatic N) is 5. The van der Waals surface area contributed by atoms with E-state index >= 15 is 0 Å². The SMILES string of the molecule is Cc1ccc(N=c2scc(-c3ccco3)n2N=Cc2c(C)nn(-c3cccc(C(F)(F)F)c3)c2Cl)cc1. The lowest BCUT2D eigenvalue weighted by molar-refractivity contribution is -0.137. The number of rotatable bonds is 5. The molecule has 0 fully saturated rings. The number of hydrogen-bond donors (Lipinski definition) is 0. The summed E-state index contributed by atoms with van der Waals surface area (Å²) in [6.07, 6.45) is -1.40. The maximum absolute atomic E-state index is 13.2. The quantitative estimate of drug-likeness (QED) is 0.218. The van der Waals surface area contributed by atoms with Crippen LogP contribution in [0.4, 0.5) is 18.9 Å². The number of benzene rings is 2. The van der Waals surface area contributed by atoms with Gasteiger partial charge >= 0.3 is 6.18 Å². The zero-order valence-corrected chi connectivity index (χ0v) is 21.1. The number of furan rings is 1. The Balaban J connectivity index is 1.58. The first-order valence-electron chi connectivity index (χ1n) is 11.0. The molecule has 0 aliphatic heterocycles. The Bertz CT molecular complexity index is 1640. The van der Waals surface area contributed by atoms with Crippen LogP contribution in [-0.4, -0.2) is 20.7 Å². The highest BCUT2D eigenvalue weighted by molar-refractivity contribution is 7.07. The number of alkyl halides is 3. The van der Waals surface area contributed by atoms with Gasteiger partial charge in [0, 0.05) is 5.38 Å². The molecule has 3 aromatic heterocycles. The molecule has 5 rings (SSSR count). The smallest absolute Gasteiger partial charge is 0.416 e. The molecule has 0 N–H and O–H groups in total. The molecule has 2 aromatic carbocycles. The number of halogens is 4. The van der Waals surface area contributed by atoms with E-state index in [1.165, 1.54) is 34.4 Å². The van der Waals surface area contributed by atoms with Gasteiger partial charge in [-0.1, -0.05) is 35.4 Å². The molecule has 3 heterocycles. The molecule has 5 aromatic rings. The fourth-order valence-corrected chi connectivity index (χ4v) is 4.73. The molecule has 0 saturated carbocycles. The van der Waals surface area contributed by atoms with Gasteiger partial charge in [-0.05, 0) is 56.3 Å². The molecule has 0 radical (unpaired) electrons. The van der Waals surface area contributed by atoms with Gasteiger partial charge in [-0.15, -0.1) is 11.3 Å². The standard InChI is InChI=1S/C26H19ClF3N5OS/c1-16-8-10-19(11-9-16)32-25-35(22(15-37-25)23-7-4-12-36-23)31-14-21-17(2)33-34(24(21)27)20-6-3-5-18(13-20)26(28,29)30/h3-15H,1-2H3. The Morgan fingerprint density at radius 3 is 2.54 bits per heavy atom. The van der Waals surface area contributed by atoms with Gasteiger partial charge in [0.2, 0.25) is 4.80 Å². The minimum Gasteiger partial charge on any atom is -0.463 e. The molecular formula is C26H19ClF3N5OS. The van der Waals surface area contributed by atoms with Crippen LogP contribution in [-0.2, 0) is 6.18 Å². The molecule has 188 valence electrons. The van der Waals surface area contributed by atoms with Crippen molar-refractivity contribution in [3.8, 4) is 17.1 Å². The van der Waals surface area contributed by atoms with Crippen molar-refractivity contribution in [2.75, 3.05) is 0 Å². The largest absolute Gasteiger partial charge is 0.463 e. The van der Waals surface area contributed by atoms with Crippen LogP contribution in [0.5, 0.6) is 0 Å². The van der Waals surface area contributed by atoms with Gasteiger partial charge in [0.25, 0.3) is 0 Å². The van der Waals surface area contributed by atoms with Gasteiger partial charge in [0.1, 0.15) is 10.8 Å². The monoisotopic (exact) mass is 541 g/mol. The van der Waals surface area contributed by atoms with Crippen LogP contribution in [0.25, 0.3) is 17.1 Å². The predicted octanol–water partition coefficient (Wildman–Crippen LogP) is 7.40. The van der Waals surface area contributed by atoms with Crippen molar-refractivity contribution in [2.45, 2.75) is 20.0 Å². The fraction of sp³-hybridized carbons (Fsp3) is 0.115. The molecule has 0 atom stereocenters.